The Kier molecular flexibility index (Phi) is 5.31. The van der Waals surface area contributed by atoms with E-state index >= 15 is 0 Å². The van der Waals surface area contributed by atoms with E-state index < -0.39 is 10.0 Å². The Morgan fingerprint density at radius 1 is 1.19 bits per heavy atom. The van der Waals surface area contributed by atoms with Crippen LogP contribution in [0.15, 0.2) is 23.1 Å². The number of amides is 2. The highest BCUT2D eigenvalue weighted by molar-refractivity contribution is 7.89. The van der Waals surface area contributed by atoms with Gasteiger partial charge in [-0.2, -0.15) is 0 Å². The normalized spacial score (nSPS) is 18.3. The minimum atomic E-state index is -3.80. The number of piperazine rings is 1. The third-order valence-corrected chi connectivity index (χ3v) is 6.42. The summed E-state index contributed by atoms with van der Waals surface area (Å²) < 4.78 is 27.4. The van der Waals surface area contributed by atoms with Crippen LogP contribution in [0.2, 0.25) is 0 Å². The molecule has 1 fully saturated rings. The largest absolute Gasteiger partial charge is 0.339 e. The van der Waals surface area contributed by atoms with E-state index in [0.29, 0.717) is 18.7 Å². The SMILES string of the molecule is CCN1CCN(C(=O)CNS(=O)(=O)c2ccc3c(c2)CC(=O)N3C)CC1. The maximum absolute atomic E-state index is 12.5. The van der Waals surface area contributed by atoms with Gasteiger partial charge in [-0.25, -0.2) is 13.1 Å². The second kappa shape index (κ2) is 7.34. The second-order valence-corrected chi connectivity index (χ2v) is 8.33. The second-order valence-electron chi connectivity index (χ2n) is 6.56. The third kappa shape index (κ3) is 3.74. The molecule has 1 aromatic rings. The zero-order valence-electron chi connectivity index (χ0n) is 15.1. The standard InChI is InChI=1S/C17H24N4O4S/c1-3-20-6-8-21(9-7-20)17(23)12-18-26(24,25)14-4-5-15-13(10-14)11-16(22)19(15)2/h4-5,10,18H,3,6-9,11-12H2,1-2H3. The van der Waals surface area contributed by atoms with Crippen LogP contribution in [-0.2, 0) is 26.0 Å². The summed E-state index contributed by atoms with van der Waals surface area (Å²) in [5, 5.41) is 0. The van der Waals surface area contributed by atoms with Crippen molar-refractivity contribution in [2.45, 2.75) is 18.2 Å². The molecule has 0 aromatic heterocycles. The van der Waals surface area contributed by atoms with E-state index in [1.165, 1.54) is 17.0 Å². The fourth-order valence-electron chi connectivity index (χ4n) is 3.28. The lowest BCUT2D eigenvalue weighted by molar-refractivity contribution is -0.131. The molecule has 0 spiro atoms. The van der Waals surface area contributed by atoms with Crippen molar-refractivity contribution in [1.82, 2.24) is 14.5 Å². The highest BCUT2D eigenvalue weighted by Gasteiger charge is 2.27. The number of anilines is 1. The molecule has 0 saturated carbocycles. The van der Waals surface area contributed by atoms with Crippen LogP contribution in [0.3, 0.4) is 0 Å². The van der Waals surface area contributed by atoms with Gasteiger partial charge in [-0.1, -0.05) is 6.92 Å². The van der Waals surface area contributed by atoms with E-state index in [4.69, 9.17) is 0 Å². The Hall–Kier alpha value is -1.97. The zero-order chi connectivity index (χ0) is 18.9. The Bertz CT molecular complexity index is 816. The first-order valence-electron chi connectivity index (χ1n) is 8.71. The summed E-state index contributed by atoms with van der Waals surface area (Å²) in [6, 6.07) is 4.59. The highest BCUT2D eigenvalue weighted by Crippen LogP contribution is 2.29. The lowest BCUT2D eigenvalue weighted by atomic mass is 10.2. The number of hydrogen-bond donors (Lipinski definition) is 1. The van der Waals surface area contributed by atoms with E-state index in [1.807, 2.05) is 0 Å². The summed E-state index contributed by atoms with van der Waals surface area (Å²) in [5.74, 6) is -0.288. The van der Waals surface area contributed by atoms with Crippen molar-refractivity contribution in [3.05, 3.63) is 23.8 Å². The van der Waals surface area contributed by atoms with Gasteiger partial charge >= 0.3 is 0 Å². The van der Waals surface area contributed by atoms with Crippen LogP contribution in [-0.4, -0.2) is 76.3 Å². The van der Waals surface area contributed by atoms with Gasteiger partial charge in [0.1, 0.15) is 0 Å². The Morgan fingerprint density at radius 3 is 2.54 bits per heavy atom. The lowest BCUT2D eigenvalue weighted by Gasteiger charge is -2.34. The van der Waals surface area contributed by atoms with Crippen LogP contribution < -0.4 is 9.62 Å². The number of fused-ring (bicyclic) bond motifs is 1. The fourth-order valence-corrected chi connectivity index (χ4v) is 4.30. The van der Waals surface area contributed by atoms with Gasteiger partial charge in [0, 0.05) is 38.9 Å². The number of nitrogens with zero attached hydrogens (tertiary/aromatic N) is 3. The maximum Gasteiger partial charge on any atom is 0.241 e. The van der Waals surface area contributed by atoms with Gasteiger partial charge in [0.05, 0.1) is 17.9 Å². The first-order valence-corrected chi connectivity index (χ1v) is 10.2. The molecule has 0 atom stereocenters. The van der Waals surface area contributed by atoms with E-state index in [1.54, 1.807) is 18.0 Å². The number of carbonyl (C=O) groups is 2. The molecule has 0 radical (unpaired) electrons. The number of hydrogen-bond acceptors (Lipinski definition) is 5. The average molecular weight is 380 g/mol. The van der Waals surface area contributed by atoms with Crippen molar-refractivity contribution in [3.63, 3.8) is 0 Å². The molecular formula is C17H24N4O4S. The summed E-state index contributed by atoms with van der Waals surface area (Å²) in [5.41, 5.74) is 1.40. The van der Waals surface area contributed by atoms with Gasteiger partial charge in [-0.05, 0) is 30.3 Å². The maximum atomic E-state index is 12.5. The van der Waals surface area contributed by atoms with Crippen molar-refractivity contribution in [3.8, 4) is 0 Å². The van der Waals surface area contributed by atoms with Gasteiger partial charge in [0.2, 0.25) is 21.8 Å². The topological polar surface area (TPSA) is 90.0 Å². The van der Waals surface area contributed by atoms with Crippen LogP contribution in [0, 0.1) is 0 Å². The van der Waals surface area contributed by atoms with Crippen molar-refractivity contribution in [1.29, 1.82) is 0 Å². The van der Waals surface area contributed by atoms with Crippen molar-refractivity contribution >= 4 is 27.5 Å². The smallest absolute Gasteiger partial charge is 0.241 e. The molecule has 1 saturated heterocycles. The Labute approximate surface area is 153 Å². The molecule has 0 bridgehead atoms. The van der Waals surface area contributed by atoms with Crippen LogP contribution in [0.4, 0.5) is 5.69 Å². The van der Waals surface area contributed by atoms with Crippen LogP contribution in [0.1, 0.15) is 12.5 Å². The van der Waals surface area contributed by atoms with Crippen LogP contribution in [0.5, 0.6) is 0 Å². The molecule has 142 valence electrons. The van der Waals surface area contributed by atoms with Crippen molar-refractivity contribution in [2.75, 3.05) is 51.2 Å². The summed E-state index contributed by atoms with van der Waals surface area (Å²) in [6.07, 6.45) is 0.190. The molecule has 3 rings (SSSR count). The summed E-state index contributed by atoms with van der Waals surface area (Å²) in [6.45, 7) is 5.61. The number of benzene rings is 1. The van der Waals surface area contributed by atoms with E-state index in [9.17, 15) is 18.0 Å². The molecule has 1 N–H and O–H groups in total. The molecule has 0 unspecified atom stereocenters. The quantitative estimate of drug-likeness (QED) is 0.754. The highest BCUT2D eigenvalue weighted by atomic mass is 32.2. The van der Waals surface area contributed by atoms with Gasteiger partial charge in [0.15, 0.2) is 0 Å². The first kappa shape index (κ1) is 18.8. The van der Waals surface area contributed by atoms with E-state index in [0.717, 1.165) is 25.3 Å². The number of rotatable bonds is 5. The molecule has 0 aliphatic carbocycles. The van der Waals surface area contributed by atoms with Gasteiger partial charge in [-0.15, -0.1) is 0 Å². The lowest BCUT2D eigenvalue weighted by Crippen LogP contribution is -2.51. The summed E-state index contributed by atoms with van der Waals surface area (Å²) >= 11 is 0. The molecule has 2 aliphatic heterocycles. The minimum Gasteiger partial charge on any atom is -0.339 e. The molecule has 9 heteroatoms. The molecule has 2 aliphatic rings. The number of carbonyl (C=O) groups excluding carboxylic acids is 2. The van der Waals surface area contributed by atoms with Gasteiger partial charge in [0.25, 0.3) is 0 Å². The van der Waals surface area contributed by atoms with Crippen molar-refractivity contribution in [2.24, 2.45) is 0 Å². The Balaban J connectivity index is 1.62. The summed E-state index contributed by atoms with van der Waals surface area (Å²) in [7, 11) is -2.14. The number of nitrogens with one attached hydrogen (secondary N) is 1. The van der Waals surface area contributed by atoms with Crippen LogP contribution in [0.25, 0.3) is 0 Å². The first-order chi connectivity index (χ1) is 12.3. The predicted molar refractivity (Wildman–Crippen MR) is 97.4 cm³/mol. The molecule has 26 heavy (non-hydrogen) atoms. The molecule has 2 amide bonds. The number of likely N-dealkylation sites (N-methyl/N-ethyl adjacent to an activating group) is 2. The van der Waals surface area contributed by atoms with Crippen LogP contribution >= 0.6 is 0 Å². The predicted octanol–water partition coefficient (Wildman–Crippen LogP) is -0.352. The molecule has 2 heterocycles. The third-order valence-electron chi connectivity index (χ3n) is 5.02. The Morgan fingerprint density at radius 2 is 1.88 bits per heavy atom. The molecule has 8 nitrogen and oxygen atoms in total. The van der Waals surface area contributed by atoms with Gasteiger partial charge < -0.3 is 14.7 Å². The average Bonchev–Trinajstić information content (AvgIpc) is 2.93. The zero-order valence-corrected chi connectivity index (χ0v) is 15.9. The van der Waals surface area contributed by atoms with E-state index in [-0.39, 0.29) is 29.7 Å². The monoisotopic (exact) mass is 380 g/mol. The van der Waals surface area contributed by atoms with Gasteiger partial charge in [-0.3, -0.25) is 9.59 Å². The van der Waals surface area contributed by atoms with Crippen molar-refractivity contribution < 1.29 is 18.0 Å². The minimum absolute atomic E-state index is 0.0658. The fraction of sp³-hybridized carbons (Fsp3) is 0.529. The molecular weight excluding hydrogens is 356 g/mol. The van der Waals surface area contributed by atoms with E-state index in [2.05, 4.69) is 16.5 Å². The summed E-state index contributed by atoms with van der Waals surface area (Å²) in [4.78, 5) is 29.5. The molecule has 1 aromatic carbocycles. The number of sulfonamides is 1.